The van der Waals surface area contributed by atoms with Gasteiger partial charge in [0, 0.05) is 67.8 Å². The highest BCUT2D eigenvalue weighted by Gasteiger charge is 2.22. The van der Waals surface area contributed by atoms with Gasteiger partial charge in [-0.05, 0) is 43.7 Å². The minimum absolute atomic E-state index is 0.00558. The zero-order valence-electron chi connectivity index (χ0n) is 22.1. The predicted molar refractivity (Wildman–Crippen MR) is 145 cm³/mol. The molecule has 1 aliphatic rings. The van der Waals surface area contributed by atoms with Gasteiger partial charge in [0.15, 0.2) is 0 Å². The lowest BCUT2D eigenvalue weighted by molar-refractivity contribution is 0.0244. The van der Waals surface area contributed by atoms with Gasteiger partial charge in [-0.1, -0.05) is 0 Å². The van der Waals surface area contributed by atoms with E-state index in [4.69, 9.17) is 24.2 Å². The first-order valence-corrected chi connectivity index (χ1v) is 12.7. The van der Waals surface area contributed by atoms with Crippen molar-refractivity contribution in [2.45, 2.75) is 32.8 Å². The summed E-state index contributed by atoms with van der Waals surface area (Å²) in [5, 5.41) is 4.10. The van der Waals surface area contributed by atoms with Crippen molar-refractivity contribution in [3.8, 4) is 22.9 Å². The van der Waals surface area contributed by atoms with Crippen LogP contribution >= 0.6 is 0 Å². The summed E-state index contributed by atoms with van der Waals surface area (Å²) in [4.78, 5) is 31.1. The lowest BCUT2D eigenvalue weighted by Crippen LogP contribution is -2.26. The average Bonchev–Trinajstić information content (AvgIpc) is 3.35. The number of hydrogen-bond acceptors (Lipinski definition) is 8. The minimum atomic E-state index is -0.0489. The number of aryl methyl sites for hydroxylation is 1. The van der Waals surface area contributed by atoms with Gasteiger partial charge in [0.1, 0.15) is 11.8 Å². The number of hydrogen-bond donors (Lipinski definition) is 2. The van der Waals surface area contributed by atoms with Crippen LogP contribution in [0.2, 0.25) is 0 Å². The van der Waals surface area contributed by atoms with Gasteiger partial charge in [-0.25, -0.2) is 4.98 Å². The second-order valence-electron chi connectivity index (χ2n) is 9.38. The molecule has 38 heavy (non-hydrogen) atoms. The molecule has 1 aliphatic heterocycles. The van der Waals surface area contributed by atoms with Crippen molar-refractivity contribution in [2.75, 3.05) is 39.2 Å². The molecule has 4 heterocycles. The SMILES string of the molecule is CCOc1ccc(-c2c[nH]c3nc(Nc4ccc(C(=O)N(C)C)cc4C)nc(OC4CCOCC4)c23)cn1. The molecule has 0 bridgehead atoms. The smallest absolute Gasteiger partial charge is 0.253 e. The van der Waals surface area contributed by atoms with Gasteiger partial charge >= 0.3 is 0 Å². The number of nitrogens with zero attached hydrogens (tertiary/aromatic N) is 4. The molecule has 2 N–H and O–H groups in total. The fraction of sp³-hybridized carbons (Fsp3) is 0.357. The fourth-order valence-electron chi connectivity index (χ4n) is 4.41. The van der Waals surface area contributed by atoms with Crippen LogP contribution in [0.4, 0.5) is 11.6 Å². The molecule has 5 rings (SSSR count). The third-order valence-corrected chi connectivity index (χ3v) is 6.41. The highest BCUT2D eigenvalue weighted by atomic mass is 16.5. The summed E-state index contributed by atoms with van der Waals surface area (Å²) in [5.41, 5.74) is 4.77. The number of carbonyl (C=O) groups is 1. The number of rotatable bonds is 8. The number of H-pyrrole nitrogens is 1. The van der Waals surface area contributed by atoms with Crippen molar-refractivity contribution in [3.63, 3.8) is 0 Å². The van der Waals surface area contributed by atoms with E-state index in [2.05, 4.69) is 15.3 Å². The highest BCUT2D eigenvalue weighted by Crippen LogP contribution is 2.36. The number of aromatic amines is 1. The Morgan fingerprint density at radius 2 is 2.00 bits per heavy atom. The molecule has 1 aromatic carbocycles. The molecule has 10 nitrogen and oxygen atoms in total. The lowest BCUT2D eigenvalue weighted by atomic mass is 10.1. The summed E-state index contributed by atoms with van der Waals surface area (Å²) in [6, 6.07) is 9.33. The number of anilines is 2. The normalized spacial score (nSPS) is 13.9. The van der Waals surface area contributed by atoms with Crippen molar-refractivity contribution in [3.05, 3.63) is 53.9 Å². The molecule has 3 aromatic heterocycles. The fourth-order valence-corrected chi connectivity index (χ4v) is 4.41. The van der Waals surface area contributed by atoms with Gasteiger partial charge in [-0.2, -0.15) is 9.97 Å². The Bertz CT molecular complexity index is 1430. The number of aromatic nitrogens is 4. The first-order chi connectivity index (χ1) is 18.4. The Labute approximate surface area is 221 Å². The number of nitrogens with one attached hydrogen (secondary N) is 2. The third-order valence-electron chi connectivity index (χ3n) is 6.41. The molecule has 0 saturated carbocycles. The summed E-state index contributed by atoms with van der Waals surface area (Å²) in [6.45, 7) is 5.74. The van der Waals surface area contributed by atoms with Crippen molar-refractivity contribution in [2.24, 2.45) is 0 Å². The molecular weight excluding hydrogens is 484 g/mol. The maximum absolute atomic E-state index is 12.4. The summed E-state index contributed by atoms with van der Waals surface area (Å²) in [5.74, 6) is 1.41. The molecule has 198 valence electrons. The zero-order chi connectivity index (χ0) is 26.6. The maximum atomic E-state index is 12.4. The Balaban J connectivity index is 1.51. The van der Waals surface area contributed by atoms with Gasteiger partial charge in [-0.3, -0.25) is 4.79 Å². The van der Waals surface area contributed by atoms with Crippen LogP contribution < -0.4 is 14.8 Å². The highest BCUT2D eigenvalue weighted by molar-refractivity contribution is 5.98. The molecule has 1 saturated heterocycles. The summed E-state index contributed by atoms with van der Waals surface area (Å²) in [6.07, 6.45) is 5.24. The second-order valence-corrected chi connectivity index (χ2v) is 9.38. The monoisotopic (exact) mass is 516 g/mol. The molecule has 0 unspecified atom stereocenters. The van der Waals surface area contributed by atoms with E-state index in [0.717, 1.165) is 40.6 Å². The van der Waals surface area contributed by atoms with Gasteiger partial charge in [-0.15, -0.1) is 0 Å². The quantitative estimate of drug-likeness (QED) is 0.345. The number of amides is 1. The van der Waals surface area contributed by atoms with Crippen molar-refractivity contribution in [1.29, 1.82) is 0 Å². The number of pyridine rings is 1. The second kappa shape index (κ2) is 11.1. The Hall–Kier alpha value is -4.18. The van der Waals surface area contributed by atoms with Crippen LogP contribution in [-0.2, 0) is 4.74 Å². The molecule has 0 atom stereocenters. The first-order valence-electron chi connectivity index (χ1n) is 12.7. The third kappa shape index (κ3) is 5.40. The van der Waals surface area contributed by atoms with Crippen molar-refractivity contribution < 1.29 is 19.0 Å². The van der Waals surface area contributed by atoms with Gasteiger partial charge in [0.25, 0.3) is 5.91 Å². The van der Waals surface area contributed by atoms with Gasteiger partial charge in [0.05, 0.1) is 25.2 Å². The summed E-state index contributed by atoms with van der Waals surface area (Å²) < 4.78 is 17.5. The zero-order valence-corrected chi connectivity index (χ0v) is 22.1. The molecule has 1 fully saturated rings. The number of ether oxygens (including phenoxy) is 3. The number of benzene rings is 1. The molecule has 0 radical (unpaired) electrons. The van der Waals surface area contributed by atoms with E-state index >= 15 is 0 Å². The minimum Gasteiger partial charge on any atom is -0.478 e. The van der Waals surface area contributed by atoms with Crippen LogP contribution in [0.1, 0.15) is 35.7 Å². The van der Waals surface area contributed by atoms with E-state index in [-0.39, 0.29) is 12.0 Å². The van der Waals surface area contributed by atoms with Gasteiger partial charge < -0.3 is 29.4 Å². The molecular formula is C28H32N6O4. The van der Waals surface area contributed by atoms with Crippen LogP contribution in [-0.4, -0.2) is 70.8 Å². The Morgan fingerprint density at radius 1 is 1.18 bits per heavy atom. The van der Waals surface area contributed by atoms with Crippen LogP contribution in [0.25, 0.3) is 22.2 Å². The van der Waals surface area contributed by atoms with E-state index in [0.29, 0.717) is 48.7 Å². The predicted octanol–water partition coefficient (Wildman–Crippen LogP) is 4.73. The van der Waals surface area contributed by atoms with Crippen LogP contribution in [0.3, 0.4) is 0 Å². The maximum Gasteiger partial charge on any atom is 0.253 e. The van der Waals surface area contributed by atoms with Gasteiger partial charge in [0.2, 0.25) is 17.7 Å². The molecule has 0 spiro atoms. The Morgan fingerprint density at radius 3 is 2.68 bits per heavy atom. The number of fused-ring (bicyclic) bond motifs is 1. The van der Waals surface area contributed by atoms with Crippen molar-refractivity contribution in [1.82, 2.24) is 24.8 Å². The molecule has 4 aromatic rings. The van der Waals surface area contributed by atoms with E-state index in [9.17, 15) is 4.79 Å². The van der Waals surface area contributed by atoms with E-state index in [1.165, 1.54) is 0 Å². The molecule has 0 aliphatic carbocycles. The lowest BCUT2D eigenvalue weighted by Gasteiger charge is -2.23. The summed E-state index contributed by atoms with van der Waals surface area (Å²) in [7, 11) is 3.47. The molecule has 1 amide bonds. The first kappa shape index (κ1) is 25.5. The number of carbonyl (C=O) groups excluding carboxylic acids is 1. The van der Waals surface area contributed by atoms with E-state index in [1.807, 2.05) is 44.3 Å². The topological polar surface area (TPSA) is 114 Å². The van der Waals surface area contributed by atoms with Crippen LogP contribution in [0, 0.1) is 6.92 Å². The summed E-state index contributed by atoms with van der Waals surface area (Å²) >= 11 is 0. The molecule has 10 heteroatoms. The largest absolute Gasteiger partial charge is 0.478 e. The van der Waals surface area contributed by atoms with Crippen LogP contribution in [0.5, 0.6) is 11.8 Å². The van der Waals surface area contributed by atoms with E-state index < -0.39 is 0 Å². The average molecular weight is 517 g/mol. The Kier molecular flexibility index (Phi) is 7.41. The van der Waals surface area contributed by atoms with Crippen molar-refractivity contribution >= 4 is 28.6 Å². The van der Waals surface area contributed by atoms with Crippen LogP contribution in [0.15, 0.2) is 42.7 Å². The van der Waals surface area contributed by atoms with E-state index in [1.54, 1.807) is 31.3 Å². The standard InChI is InChI=1S/C28H32N6O4/c1-5-37-23-9-7-19(15-29-23)21-16-30-25-24(21)26(38-20-10-12-36-13-11-20)33-28(32-25)31-22-8-6-18(14-17(22)2)27(35)34(3)4/h6-9,14-16,20H,5,10-13H2,1-4H3,(H2,30,31,32,33).